The van der Waals surface area contributed by atoms with Crippen molar-refractivity contribution in [2.45, 2.75) is 18.6 Å². The third-order valence-corrected chi connectivity index (χ3v) is 3.52. The molecule has 0 amide bonds. The van der Waals surface area contributed by atoms with Gasteiger partial charge < -0.3 is 14.9 Å². The van der Waals surface area contributed by atoms with Crippen LogP contribution in [-0.4, -0.2) is 69.1 Å². The number of hydrogen-bond donors (Lipinski definition) is 2. The zero-order valence-electron chi connectivity index (χ0n) is 11.5. The van der Waals surface area contributed by atoms with E-state index in [1.54, 1.807) is 6.07 Å². The van der Waals surface area contributed by atoms with Crippen molar-refractivity contribution >= 4 is 11.5 Å². The van der Waals surface area contributed by atoms with Gasteiger partial charge in [0.2, 0.25) is 0 Å². The lowest BCUT2D eigenvalue weighted by molar-refractivity contribution is 0.191. The van der Waals surface area contributed by atoms with Crippen LogP contribution in [0.2, 0.25) is 0 Å². The van der Waals surface area contributed by atoms with Gasteiger partial charge in [-0.2, -0.15) is 9.61 Å². The summed E-state index contributed by atoms with van der Waals surface area (Å²) in [7, 11) is 4.00. The van der Waals surface area contributed by atoms with E-state index in [9.17, 15) is 9.90 Å². The Labute approximate surface area is 115 Å². The zero-order valence-corrected chi connectivity index (χ0v) is 11.5. The molecule has 2 aromatic rings. The highest BCUT2D eigenvalue weighted by Crippen LogP contribution is 2.24. The van der Waals surface area contributed by atoms with E-state index in [-0.39, 0.29) is 17.8 Å². The van der Waals surface area contributed by atoms with Gasteiger partial charge >= 0.3 is 5.69 Å². The van der Waals surface area contributed by atoms with Gasteiger partial charge in [0.25, 0.3) is 0 Å². The molecule has 2 aromatic heterocycles. The highest BCUT2D eigenvalue weighted by molar-refractivity contribution is 5.47. The Bertz CT molecular complexity index is 663. The zero-order chi connectivity index (χ0) is 14.3. The number of nitrogens with one attached hydrogen (secondary N) is 1. The van der Waals surface area contributed by atoms with Gasteiger partial charge in [-0.3, -0.25) is 0 Å². The standard InChI is InChI=1S/C12H18N6O2/c1-16(2)6-8-5-9(19)7-17(8)11-4-3-10-13-14-12(20)18(10)15-11/h3-4,8-9,19H,5-7H2,1-2H3,(H,14,20). The van der Waals surface area contributed by atoms with E-state index in [0.717, 1.165) is 6.54 Å². The van der Waals surface area contributed by atoms with Crippen molar-refractivity contribution in [3.8, 4) is 0 Å². The van der Waals surface area contributed by atoms with Crippen molar-refractivity contribution in [3.05, 3.63) is 22.6 Å². The molecular weight excluding hydrogens is 260 g/mol. The molecule has 0 radical (unpaired) electrons. The Morgan fingerprint density at radius 3 is 3.05 bits per heavy atom. The number of hydrogen-bond acceptors (Lipinski definition) is 6. The van der Waals surface area contributed by atoms with E-state index in [0.29, 0.717) is 24.4 Å². The molecule has 1 aliphatic heterocycles. The number of aliphatic hydroxyl groups is 1. The molecular formula is C12H18N6O2. The van der Waals surface area contributed by atoms with Crippen LogP contribution in [0.25, 0.3) is 5.65 Å². The predicted octanol–water partition coefficient (Wildman–Crippen LogP) is -1.08. The molecule has 1 saturated heterocycles. The van der Waals surface area contributed by atoms with Crippen molar-refractivity contribution in [2.75, 3.05) is 32.1 Å². The fourth-order valence-electron chi connectivity index (χ4n) is 2.71. The number of H-pyrrole nitrogens is 1. The summed E-state index contributed by atoms with van der Waals surface area (Å²) in [4.78, 5) is 15.7. The summed E-state index contributed by atoms with van der Waals surface area (Å²) in [5.41, 5.74) is 0.133. The second kappa shape index (κ2) is 4.88. The maximum Gasteiger partial charge on any atom is 0.364 e. The molecule has 2 unspecified atom stereocenters. The number of aliphatic hydroxyl groups excluding tert-OH is 1. The number of aromatic amines is 1. The van der Waals surface area contributed by atoms with Crippen LogP contribution < -0.4 is 10.6 Å². The van der Waals surface area contributed by atoms with Crippen molar-refractivity contribution in [1.29, 1.82) is 0 Å². The number of nitrogens with zero attached hydrogens (tertiary/aromatic N) is 5. The molecule has 2 N–H and O–H groups in total. The Balaban J connectivity index is 1.95. The molecule has 3 heterocycles. The number of rotatable bonds is 3. The first kappa shape index (κ1) is 13.1. The van der Waals surface area contributed by atoms with Gasteiger partial charge in [-0.25, -0.2) is 9.89 Å². The van der Waals surface area contributed by atoms with E-state index in [1.165, 1.54) is 4.52 Å². The summed E-state index contributed by atoms with van der Waals surface area (Å²) in [6, 6.07) is 3.76. The minimum absolute atomic E-state index is 0.188. The van der Waals surface area contributed by atoms with Crippen molar-refractivity contribution in [3.63, 3.8) is 0 Å². The lowest BCUT2D eigenvalue weighted by atomic mass is 10.2. The van der Waals surface area contributed by atoms with Crippen molar-refractivity contribution in [2.24, 2.45) is 0 Å². The van der Waals surface area contributed by atoms with Gasteiger partial charge in [-0.15, -0.1) is 5.10 Å². The van der Waals surface area contributed by atoms with E-state index in [4.69, 9.17) is 0 Å². The third kappa shape index (κ3) is 2.27. The molecule has 0 bridgehead atoms. The summed E-state index contributed by atoms with van der Waals surface area (Å²) in [5, 5.41) is 20.4. The van der Waals surface area contributed by atoms with Crippen LogP contribution >= 0.6 is 0 Å². The van der Waals surface area contributed by atoms with Crippen LogP contribution in [0.1, 0.15) is 6.42 Å². The summed E-state index contributed by atoms with van der Waals surface area (Å²) in [5.74, 6) is 0.685. The SMILES string of the molecule is CN(C)CC1CC(O)CN1c1ccc2n[nH]c(=O)n2n1. The summed E-state index contributed by atoms with van der Waals surface area (Å²) >= 11 is 0. The maximum absolute atomic E-state index is 11.6. The Morgan fingerprint density at radius 2 is 2.30 bits per heavy atom. The van der Waals surface area contributed by atoms with Gasteiger partial charge in [-0.05, 0) is 32.6 Å². The minimum Gasteiger partial charge on any atom is -0.391 e. The number of fused-ring (bicyclic) bond motifs is 1. The number of β-amino-alcohol motifs (C(OH)–C–C–N with tert-alkyl or cyclic N) is 1. The first-order valence-electron chi connectivity index (χ1n) is 6.58. The topological polar surface area (TPSA) is 89.8 Å². The normalized spacial score (nSPS) is 23.1. The second-order valence-electron chi connectivity index (χ2n) is 5.45. The van der Waals surface area contributed by atoms with E-state index in [1.807, 2.05) is 25.1 Å². The Morgan fingerprint density at radius 1 is 1.50 bits per heavy atom. The van der Waals surface area contributed by atoms with Gasteiger partial charge in [0.1, 0.15) is 5.82 Å². The van der Waals surface area contributed by atoms with Gasteiger partial charge in [-0.1, -0.05) is 0 Å². The quantitative estimate of drug-likeness (QED) is 0.742. The fraction of sp³-hybridized carbons (Fsp3) is 0.583. The summed E-state index contributed by atoms with van der Waals surface area (Å²) in [6.07, 6.45) is 0.344. The molecule has 8 heteroatoms. The Hall–Kier alpha value is -1.93. The lowest BCUT2D eigenvalue weighted by Crippen LogP contribution is -2.38. The number of aromatic nitrogens is 4. The van der Waals surface area contributed by atoms with Gasteiger partial charge in [0.15, 0.2) is 5.65 Å². The molecule has 0 saturated carbocycles. The van der Waals surface area contributed by atoms with Crippen LogP contribution in [0.15, 0.2) is 16.9 Å². The average Bonchev–Trinajstić information content (AvgIpc) is 2.93. The number of anilines is 1. The first-order valence-corrected chi connectivity index (χ1v) is 6.58. The second-order valence-corrected chi connectivity index (χ2v) is 5.45. The van der Waals surface area contributed by atoms with Crippen LogP contribution in [0, 0.1) is 0 Å². The molecule has 0 spiro atoms. The third-order valence-electron chi connectivity index (χ3n) is 3.52. The summed E-state index contributed by atoms with van der Waals surface area (Å²) in [6.45, 7) is 1.36. The average molecular weight is 278 g/mol. The summed E-state index contributed by atoms with van der Waals surface area (Å²) < 4.78 is 1.24. The maximum atomic E-state index is 11.6. The molecule has 1 aliphatic rings. The van der Waals surface area contributed by atoms with Gasteiger partial charge in [0.05, 0.1) is 6.10 Å². The van der Waals surface area contributed by atoms with E-state index >= 15 is 0 Å². The van der Waals surface area contributed by atoms with Crippen molar-refractivity contribution in [1.82, 2.24) is 24.7 Å². The van der Waals surface area contributed by atoms with E-state index < -0.39 is 0 Å². The molecule has 0 aliphatic carbocycles. The molecule has 108 valence electrons. The van der Waals surface area contributed by atoms with Crippen LogP contribution in [0.4, 0.5) is 5.82 Å². The number of likely N-dealkylation sites (N-methyl/N-ethyl adjacent to an activating group) is 1. The molecule has 2 atom stereocenters. The van der Waals surface area contributed by atoms with Crippen LogP contribution in [0.5, 0.6) is 0 Å². The lowest BCUT2D eigenvalue weighted by Gasteiger charge is -2.27. The highest BCUT2D eigenvalue weighted by atomic mass is 16.3. The van der Waals surface area contributed by atoms with Gasteiger partial charge in [0, 0.05) is 19.1 Å². The smallest absolute Gasteiger partial charge is 0.364 e. The molecule has 0 aromatic carbocycles. The first-order chi connectivity index (χ1) is 9.54. The highest BCUT2D eigenvalue weighted by Gasteiger charge is 2.32. The molecule has 1 fully saturated rings. The largest absolute Gasteiger partial charge is 0.391 e. The molecule has 8 nitrogen and oxygen atoms in total. The minimum atomic E-state index is -0.362. The van der Waals surface area contributed by atoms with Crippen molar-refractivity contribution < 1.29 is 5.11 Å². The predicted molar refractivity (Wildman–Crippen MR) is 73.9 cm³/mol. The fourth-order valence-corrected chi connectivity index (χ4v) is 2.71. The Kier molecular flexibility index (Phi) is 3.19. The van der Waals surface area contributed by atoms with E-state index in [2.05, 4.69) is 20.2 Å². The molecule has 3 rings (SSSR count). The molecule has 20 heavy (non-hydrogen) atoms. The van der Waals surface area contributed by atoms with Crippen LogP contribution in [-0.2, 0) is 0 Å². The van der Waals surface area contributed by atoms with Crippen LogP contribution in [0.3, 0.4) is 0 Å². The monoisotopic (exact) mass is 278 g/mol.